The molecular formula is C12H11ClN4O3. The number of aromatic nitrogens is 3. The van der Waals surface area contributed by atoms with Gasteiger partial charge in [0.2, 0.25) is 0 Å². The number of imidazole rings is 1. The summed E-state index contributed by atoms with van der Waals surface area (Å²) in [5, 5.41) is 11.7. The Morgan fingerprint density at radius 3 is 2.90 bits per heavy atom. The second-order valence-electron chi connectivity index (χ2n) is 3.91. The monoisotopic (exact) mass is 294 g/mol. The maximum Gasteiger partial charge on any atom is 0.356 e. The maximum absolute atomic E-state index is 11.8. The van der Waals surface area contributed by atoms with Gasteiger partial charge in [0.1, 0.15) is 0 Å². The number of carbonyl (C=O) groups is 2. The fraction of sp³-hybridized carbons (Fsp3) is 0.167. The molecule has 2 N–H and O–H groups in total. The van der Waals surface area contributed by atoms with Crippen molar-refractivity contribution in [2.45, 2.75) is 6.54 Å². The molecule has 104 valence electrons. The van der Waals surface area contributed by atoms with Crippen molar-refractivity contribution in [2.24, 2.45) is 0 Å². The molecule has 0 saturated carbocycles. The lowest BCUT2D eigenvalue weighted by Crippen LogP contribution is -2.27. The standard InChI is InChI=1S/C12H11ClN4O3/c13-9-5-14-2-1-8(9)11(18)15-3-4-17-6-10(12(19)20)16-7-17/h1-2,5-7H,3-4H2,(H,15,18)(H,19,20). The summed E-state index contributed by atoms with van der Waals surface area (Å²) in [5.41, 5.74) is 0.312. The third kappa shape index (κ3) is 3.33. The first-order chi connectivity index (χ1) is 9.58. The number of hydrogen-bond donors (Lipinski definition) is 2. The van der Waals surface area contributed by atoms with Gasteiger partial charge in [-0.3, -0.25) is 9.78 Å². The number of amides is 1. The molecular weight excluding hydrogens is 284 g/mol. The molecule has 0 aromatic carbocycles. The van der Waals surface area contributed by atoms with Crippen molar-refractivity contribution in [1.82, 2.24) is 19.9 Å². The molecule has 2 heterocycles. The zero-order valence-corrected chi connectivity index (χ0v) is 11.0. The van der Waals surface area contributed by atoms with E-state index in [1.54, 1.807) is 4.57 Å². The first kappa shape index (κ1) is 14.0. The molecule has 20 heavy (non-hydrogen) atoms. The smallest absolute Gasteiger partial charge is 0.356 e. The van der Waals surface area contributed by atoms with Gasteiger partial charge in [-0.05, 0) is 6.07 Å². The zero-order valence-electron chi connectivity index (χ0n) is 10.3. The first-order valence-electron chi connectivity index (χ1n) is 5.70. The number of nitrogens with one attached hydrogen (secondary N) is 1. The highest BCUT2D eigenvalue weighted by Gasteiger charge is 2.10. The van der Waals surface area contributed by atoms with Crippen molar-refractivity contribution in [3.05, 3.63) is 47.3 Å². The van der Waals surface area contributed by atoms with Gasteiger partial charge in [0.05, 0.1) is 16.9 Å². The largest absolute Gasteiger partial charge is 0.476 e. The van der Waals surface area contributed by atoms with Gasteiger partial charge >= 0.3 is 5.97 Å². The van der Waals surface area contributed by atoms with E-state index in [2.05, 4.69) is 15.3 Å². The van der Waals surface area contributed by atoms with Gasteiger partial charge in [0.25, 0.3) is 5.91 Å². The van der Waals surface area contributed by atoms with Gasteiger partial charge < -0.3 is 15.0 Å². The molecule has 0 fully saturated rings. The van der Waals surface area contributed by atoms with Crippen LogP contribution in [-0.2, 0) is 6.54 Å². The SMILES string of the molecule is O=C(O)c1cn(CCNC(=O)c2ccncc2Cl)cn1. The number of aromatic carboxylic acids is 1. The van der Waals surface area contributed by atoms with E-state index in [0.29, 0.717) is 18.7 Å². The highest BCUT2D eigenvalue weighted by Crippen LogP contribution is 2.12. The van der Waals surface area contributed by atoms with E-state index >= 15 is 0 Å². The van der Waals surface area contributed by atoms with Crippen molar-refractivity contribution < 1.29 is 14.7 Å². The minimum absolute atomic E-state index is 0.0338. The Balaban J connectivity index is 1.88. The molecule has 0 radical (unpaired) electrons. The van der Waals surface area contributed by atoms with Crippen molar-refractivity contribution in [1.29, 1.82) is 0 Å². The molecule has 8 heteroatoms. The predicted molar refractivity (Wildman–Crippen MR) is 70.8 cm³/mol. The molecule has 0 unspecified atom stereocenters. The summed E-state index contributed by atoms with van der Waals surface area (Å²) < 4.78 is 1.58. The quantitative estimate of drug-likeness (QED) is 0.859. The van der Waals surface area contributed by atoms with Gasteiger partial charge in [-0.15, -0.1) is 0 Å². The summed E-state index contributed by atoms with van der Waals surface area (Å²) in [6.45, 7) is 0.738. The topological polar surface area (TPSA) is 97.1 Å². The molecule has 0 aliphatic carbocycles. The summed E-state index contributed by atoms with van der Waals surface area (Å²) in [4.78, 5) is 30.0. The number of halogens is 1. The second-order valence-corrected chi connectivity index (χ2v) is 4.32. The number of hydrogen-bond acceptors (Lipinski definition) is 4. The van der Waals surface area contributed by atoms with Crippen LogP contribution < -0.4 is 5.32 Å². The predicted octanol–water partition coefficient (Wildman–Crippen LogP) is 1.06. The number of carbonyl (C=O) groups excluding carboxylic acids is 1. The Hall–Kier alpha value is -2.41. The second kappa shape index (κ2) is 6.16. The normalized spacial score (nSPS) is 10.2. The molecule has 2 aromatic heterocycles. The van der Waals surface area contributed by atoms with E-state index in [1.165, 1.54) is 31.0 Å². The van der Waals surface area contributed by atoms with E-state index in [4.69, 9.17) is 16.7 Å². The minimum atomic E-state index is -1.09. The molecule has 0 atom stereocenters. The molecule has 0 aliphatic heterocycles. The third-order valence-electron chi connectivity index (χ3n) is 2.52. The first-order valence-corrected chi connectivity index (χ1v) is 6.08. The molecule has 0 aliphatic rings. The average Bonchev–Trinajstić information content (AvgIpc) is 2.88. The molecule has 0 saturated heterocycles. The fourth-order valence-electron chi connectivity index (χ4n) is 1.55. The van der Waals surface area contributed by atoms with Crippen LogP contribution in [0.15, 0.2) is 31.0 Å². The number of rotatable bonds is 5. The lowest BCUT2D eigenvalue weighted by Gasteiger charge is -2.06. The summed E-state index contributed by atoms with van der Waals surface area (Å²) >= 11 is 5.85. The highest BCUT2D eigenvalue weighted by molar-refractivity contribution is 6.33. The van der Waals surface area contributed by atoms with Gasteiger partial charge in [-0.25, -0.2) is 9.78 Å². The van der Waals surface area contributed by atoms with E-state index in [9.17, 15) is 9.59 Å². The van der Waals surface area contributed by atoms with Gasteiger partial charge in [0.15, 0.2) is 5.69 Å². The minimum Gasteiger partial charge on any atom is -0.476 e. The van der Waals surface area contributed by atoms with Gasteiger partial charge in [-0.2, -0.15) is 0 Å². The molecule has 1 amide bonds. The van der Waals surface area contributed by atoms with E-state index in [1.807, 2.05) is 0 Å². The Bertz CT molecular complexity index is 641. The van der Waals surface area contributed by atoms with Crippen LogP contribution in [0.5, 0.6) is 0 Å². The molecule has 2 rings (SSSR count). The van der Waals surface area contributed by atoms with Crippen LogP contribution in [0.25, 0.3) is 0 Å². The number of carboxylic acid groups (broad SMARTS) is 1. The van der Waals surface area contributed by atoms with E-state index < -0.39 is 5.97 Å². The molecule has 2 aromatic rings. The summed E-state index contributed by atoms with van der Waals surface area (Å²) in [7, 11) is 0. The fourth-order valence-corrected chi connectivity index (χ4v) is 1.75. The van der Waals surface area contributed by atoms with Crippen LogP contribution in [0.1, 0.15) is 20.8 Å². The van der Waals surface area contributed by atoms with Crippen molar-refractivity contribution >= 4 is 23.5 Å². The van der Waals surface area contributed by atoms with E-state index in [0.717, 1.165) is 0 Å². The summed E-state index contributed by atoms with van der Waals surface area (Å²) in [5.74, 6) is -1.40. The van der Waals surface area contributed by atoms with Crippen LogP contribution in [0.3, 0.4) is 0 Å². The summed E-state index contributed by atoms with van der Waals surface area (Å²) in [6.07, 6.45) is 5.67. The Kier molecular flexibility index (Phi) is 4.31. The molecule has 0 spiro atoms. The Morgan fingerprint density at radius 2 is 2.25 bits per heavy atom. The Labute approximate surface area is 119 Å². The van der Waals surface area contributed by atoms with Crippen LogP contribution in [0, 0.1) is 0 Å². The third-order valence-corrected chi connectivity index (χ3v) is 2.83. The van der Waals surface area contributed by atoms with Crippen LogP contribution in [0.2, 0.25) is 5.02 Å². The summed E-state index contributed by atoms with van der Waals surface area (Å²) in [6, 6.07) is 1.53. The van der Waals surface area contributed by atoms with Crippen LogP contribution >= 0.6 is 11.6 Å². The van der Waals surface area contributed by atoms with Gasteiger partial charge in [-0.1, -0.05) is 11.6 Å². The van der Waals surface area contributed by atoms with Gasteiger partial charge in [0, 0.05) is 31.7 Å². The van der Waals surface area contributed by atoms with E-state index in [-0.39, 0.29) is 16.6 Å². The van der Waals surface area contributed by atoms with Crippen LogP contribution in [-0.4, -0.2) is 38.1 Å². The van der Waals surface area contributed by atoms with Crippen molar-refractivity contribution in [3.63, 3.8) is 0 Å². The highest BCUT2D eigenvalue weighted by atomic mass is 35.5. The molecule has 7 nitrogen and oxygen atoms in total. The maximum atomic E-state index is 11.8. The lowest BCUT2D eigenvalue weighted by molar-refractivity contribution is 0.0690. The van der Waals surface area contributed by atoms with Crippen molar-refractivity contribution in [2.75, 3.05) is 6.54 Å². The number of pyridine rings is 1. The average molecular weight is 295 g/mol. The number of nitrogens with zero attached hydrogens (tertiary/aromatic N) is 3. The lowest BCUT2D eigenvalue weighted by atomic mass is 10.2. The van der Waals surface area contributed by atoms with Crippen molar-refractivity contribution in [3.8, 4) is 0 Å². The number of carboxylic acids is 1. The Morgan fingerprint density at radius 1 is 1.45 bits per heavy atom. The zero-order chi connectivity index (χ0) is 14.5. The van der Waals surface area contributed by atoms with Crippen LogP contribution in [0.4, 0.5) is 0 Å². The molecule has 0 bridgehead atoms.